The number of halogens is 1. The van der Waals surface area contributed by atoms with Crippen molar-refractivity contribution in [1.29, 1.82) is 0 Å². The van der Waals surface area contributed by atoms with Gasteiger partial charge in [0.05, 0.1) is 12.0 Å². The summed E-state index contributed by atoms with van der Waals surface area (Å²) < 4.78 is 41.8. The molecule has 0 aliphatic rings. The van der Waals surface area contributed by atoms with E-state index >= 15 is 0 Å². The molecule has 0 radical (unpaired) electrons. The van der Waals surface area contributed by atoms with Crippen molar-refractivity contribution >= 4 is 51.5 Å². The Labute approximate surface area is 280 Å². The number of para-hydroxylation sites is 1. The molecule has 18 heteroatoms. The predicted octanol–water partition coefficient (Wildman–Crippen LogP) is 3.78. The molecule has 2 atom stereocenters. The summed E-state index contributed by atoms with van der Waals surface area (Å²) >= 11 is 5.28. The Morgan fingerprint density at radius 3 is 2.09 bits per heavy atom. The van der Waals surface area contributed by atoms with Gasteiger partial charge in [-0.15, -0.1) is 6.58 Å². The summed E-state index contributed by atoms with van der Waals surface area (Å²) in [5, 5.41) is 22.9. The summed E-state index contributed by atoms with van der Waals surface area (Å²) in [6.45, 7) is 13.5. The van der Waals surface area contributed by atoms with Crippen molar-refractivity contribution in [2.24, 2.45) is 5.92 Å². The third-order valence-electron chi connectivity index (χ3n) is 5.62. The van der Waals surface area contributed by atoms with E-state index in [2.05, 4.69) is 21.5 Å². The minimum Gasteiger partial charge on any atom is -0.480 e. The van der Waals surface area contributed by atoms with Gasteiger partial charge in [-0.25, -0.2) is 22.8 Å². The van der Waals surface area contributed by atoms with E-state index in [0.717, 1.165) is 16.4 Å². The fourth-order valence-electron chi connectivity index (χ4n) is 3.58. The lowest BCUT2D eigenvalue weighted by atomic mass is 10.1. The number of hydrogen-bond donors (Lipinski definition) is 3. The second-order valence-corrected chi connectivity index (χ2v) is 14.0. The minimum atomic E-state index is -4.32. The average Bonchev–Trinajstić information content (AvgIpc) is 2.94. The first kappa shape index (κ1) is 43.2. The molecule has 1 amide bonds. The molecule has 0 unspecified atom stereocenters. The van der Waals surface area contributed by atoms with E-state index < -0.39 is 72.7 Å². The number of nitrogens with one attached hydrogen (secondary N) is 2. The molecular weight excluding hydrogens is 664 g/mol. The van der Waals surface area contributed by atoms with Crippen molar-refractivity contribution in [2.45, 2.75) is 82.9 Å². The Morgan fingerprint density at radius 1 is 1.04 bits per heavy atom. The summed E-state index contributed by atoms with van der Waals surface area (Å²) in [5.41, 5.74) is -2.07. The second-order valence-electron chi connectivity index (χ2n) is 11.8. The van der Waals surface area contributed by atoms with Crippen LogP contribution in [0.15, 0.2) is 41.8 Å². The topological polar surface area (TPSA) is 221 Å². The first-order chi connectivity index (χ1) is 21.6. The van der Waals surface area contributed by atoms with Crippen molar-refractivity contribution in [3.05, 3.63) is 47.0 Å². The summed E-state index contributed by atoms with van der Waals surface area (Å²) in [6.07, 6.45) is 0.697. The van der Waals surface area contributed by atoms with Crippen molar-refractivity contribution in [2.75, 3.05) is 26.7 Å². The van der Waals surface area contributed by atoms with Gasteiger partial charge in [0.1, 0.15) is 17.2 Å². The number of nitro groups is 1. The third-order valence-corrected chi connectivity index (χ3v) is 7.76. The van der Waals surface area contributed by atoms with E-state index in [0.29, 0.717) is 6.54 Å². The monoisotopic (exact) mass is 708 g/mol. The number of carboxylic acid groups (broad SMARTS) is 1. The largest absolute Gasteiger partial charge is 0.480 e. The highest BCUT2D eigenvalue weighted by atomic mass is 35.5. The van der Waals surface area contributed by atoms with E-state index in [1.165, 1.54) is 25.3 Å². The van der Waals surface area contributed by atoms with Gasteiger partial charge >= 0.3 is 24.0 Å². The molecule has 1 aromatic carbocycles. The lowest BCUT2D eigenvalue weighted by Crippen LogP contribution is -2.45. The second kappa shape index (κ2) is 19.8. The Balaban J connectivity index is 0.00000111. The fraction of sp³-hybridized carbons (Fsp3) is 0.586. The summed E-state index contributed by atoms with van der Waals surface area (Å²) in [6, 6.07) is 3.46. The first-order valence-electron chi connectivity index (χ1n) is 14.3. The zero-order chi connectivity index (χ0) is 36.6. The molecule has 0 fully saturated rings. The Kier molecular flexibility index (Phi) is 18.2. The third kappa shape index (κ3) is 16.5. The molecule has 0 saturated heterocycles. The van der Waals surface area contributed by atoms with Gasteiger partial charge in [0.2, 0.25) is 10.0 Å². The molecule has 0 bridgehead atoms. The van der Waals surface area contributed by atoms with E-state index in [1.54, 1.807) is 41.5 Å². The molecule has 3 N–H and O–H groups in total. The number of benzene rings is 1. The molecule has 0 aliphatic carbocycles. The number of nitro benzene ring substituents is 1. The van der Waals surface area contributed by atoms with Gasteiger partial charge in [0.25, 0.3) is 5.69 Å². The Hall–Kier alpha value is -3.80. The standard InChI is InChI=1S/C19H27N3O8S.C10H18ClNO4/c1-5-6-12-21(31(28,29)16-10-8-7-9-15(16)22(26)27)13-11-14(17(23)24)20-18(25)30-19(2,3)4;1-10(2,3)16-9(14)7(5-6-12-11)8(13)15-4/h5,7-10,14H,1,6,11-13H2,2-4H3,(H,20,25)(H,23,24);7,12H,5-6H2,1-4H3/t14-;7-/m00/s1. The number of esters is 2. The van der Waals surface area contributed by atoms with Crippen LogP contribution in [0.2, 0.25) is 0 Å². The van der Waals surface area contributed by atoms with Crippen LogP contribution in [-0.4, -0.2) is 90.7 Å². The van der Waals surface area contributed by atoms with Crippen LogP contribution in [0.1, 0.15) is 60.8 Å². The molecule has 1 rings (SSSR count). The van der Waals surface area contributed by atoms with E-state index in [4.69, 9.17) is 21.3 Å². The van der Waals surface area contributed by atoms with Crippen LogP contribution in [-0.2, 0) is 38.6 Å². The van der Waals surface area contributed by atoms with Crippen molar-refractivity contribution in [1.82, 2.24) is 14.5 Å². The predicted molar refractivity (Wildman–Crippen MR) is 172 cm³/mol. The number of alkyl carbamates (subject to hydrolysis) is 1. The number of rotatable bonds is 16. The van der Waals surface area contributed by atoms with Crippen LogP contribution < -0.4 is 10.2 Å². The zero-order valence-corrected chi connectivity index (χ0v) is 29.2. The number of methoxy groups -OCH3 is 1. The smallest absolute Gasteiger partial charge is 0.408 e. The van der Waals surface area contributed by atoms with Crippen LogP contribution in [0, 0.1) is 16.0 Å². The summed E-state index contributed by atoms with van der Waals surface area (Å²) in [7, 11) is -3.09. The minimum absolute atomic E-state index is 0.0728. The van der Waals surface area contributed by atoms with Gasteiger partial charge in [-0.05, 0) is 78.6 Å². The maximum Gasteiger partial charge on any atom is 0.408 e. The van der Waals surface area contributed by atoms with Crippen molar-refractivity contribution < 1.29 is 51.8 Å². The maximum absolute atomic E-state index is 13.1. The summed E-state index contributed by atoms with van der Waals surface area (Å²) in [5.74, 6) is -3.51. The number of aliphatic carboxylic acids is 1. The number of carboxylic acids is 1. The zero-order valence-electron chi connectivity index (χ0n) is 27.6. The first-order valence-corrected chi connectivity index (χ1v) is 16.1. The van der Waals surface area contributed by atoms with Crippen LogP contribution >= 0.6 is 11.8 Å². The van der Waals surface area contributed by atoms with Crippen LogP contribution in [0.25, 0.3) is 0 Å². The SMILES string of the molecule is C=CCCN(CC[C@H](NC(=O)OC(C)(C)C)C(=O)O)S(=O)(=O)c1ccccc1[N+](=O)[O-].COC(=O)[C@H](CCNCl)C(=O)OC(C)(C)C. The molecule has 0 aliphatic heterocycles. The van der Waals surface area contributed by atoms with E-state index in [-0.39, 0.29) is 32.4 Å². The molecule has 0 spiro atoms. The number of carbonyl (C=O) groups is 4. The van der Waals surface area contributed by atoms with Gasteiger partial charge < -0.3 is 24.6 Å². The fourth-order valence-corrected chi connectivity index (χ4v) is 5.32. The Bertz CT molecular complexity index is 1340. The van der Waals surface area contributed by atoms with Gasteiger partial charge in [-0.1, -0.05) is 18.2 Å². The number of carbonyl (C=O) groups excluding carboxylic acids is 3. The van der Waals surface area contributed by atoms with Gasteiger partial charge in [-0.2, -0.15) is 4.31 Å². The number of hydrogen-bond acceptors (Lipinski definition) is 12. The lowest BCUT2D eigenvalue weighted by molar-refractivity contribution is -0.387. The highest BCUT2D eigenvalue weighted by Gasteiger charge is 2.33. The van der Waals surface area contributed by atoms with Crippen molar-refractivity contribution in [3.63, 3.8) is 0 Å². The normalized spacial score (nSPS) is 12.9. The van der Waals surface area contributed by atoms with E-state index in [9.17, 15) is 42.8 Å². The van der Waals surface area contributed by atoms with Crippen LogP contribution in [0.4, 0.5) is 10.5 Å². The number of amides is 1. The number of sulfonamides is 1. The molecule has 0 saturated carbocycles. The van der Waals surface area contributed by atoms with Crippen LogP contribution in [0.3, 0.4) is 0 Å². The number of nitrogens with zero attached hydrogens (tertiary/aromatic N) is 2. The average molecular weight is 709 g/mol. The number of ether oxygens (including phenoxy) is 3. The van der Waals surface area contributed by atoms with E-state index in [1.807, 2.05) is 0 Å². The summed E-state index contributed by atoms with van der Waals surface area (Å²) in [4.78, 5) is 58.8. The molecular formula is C29H45ClN4O12S. The van der Waals surface area contributed by atoms with Gasteiger partial charge in [0, 0.05) is 25.7 Å². The Morgan fingerprint density at radius 2 is 1.62 bits per heavy atom. The highest BCUT2D eigenvalue weighted by molar-refractivity contribution is 7.89. The quantitative estimate of drug-likeness (QED) is 0.0424. The van der Waals surface area contributed by atoms with Gasteiger partial charge in [-0.3, -0.25) is 19.7 Å². The lowest BCUT2D eigenvalue weighted by Gasteiger charge is -2.25. The molecule has 0 heterocycles. The molecule has 0 aromatic heterocycles. The van der Waals surface area contributed by atoms with Gasteiger partial charge in [0.15, 0.2) is 10.8 Å². The highest BCUT2D eigenvalue weighted by Crippen LogP contribution is 2.27. The molecule has 266 valence electrons. The van der Waals surface area contributed by atoms with Crippen molar-refractivity contribution in [3.8, 4) is 0 Å². The molecule has 16 nitrogen and oxygen atoms in total. The molecule has 1 aromatic rings. The maximum atomic E-state index is 13.1. The van der Waals surface area contributed by atoms with Crippen LogP contribution in [0.5, 0.6) is 0 Å². The molecule has 47 heavy (non-hydrogen) atoms.